The van der Waals surface area contributed by atoms with Crippen molar-refractivity contribution in [1.29, 1.82) is 0 Å². The number of methoxy groups -OCH3 is 1. The Balaban J connectivity index is 1.42. The van der Waals surface area contributed by atoms with Crippen LogP contribution < -0.4 is 4.90 Å². The fourth-order valence-corrected chi connectivity index (χ4v) is 4.14. The van der Waals surface area contributed by atoms with Crippen LogP contribution in [0.15, 0.2) is 12.1 Å². The van der Waals surface area contributed by atoms with Crippen molar-refractivity contribution < 1.29 is 19.1 Å². The van der Waals surface area contributed by atoms with Crippen LogP contribution in [0.5, 0.6) is 0 Å². The van der Waals surface area contributed by atoms with E-state index >= 15 is 0 Å². The Morgan fingerprint density at radius 2 is 1.81 bits per heavy atom. The van der Waals surface area contributed by atoms with Gasteiger partial charge in [-0.3, -0.25) is 9.59 Å². The van der Waals surface area contributed by atoms with Gasteiger partial charge in [0.1, 0.15) is 5.82 Å². The number of aromatic nitrogens is 1. The van der Waals surface area contributed by atoms with E-state index < -0.39 is 0 Å². The van der Waals surface area contributed by atoms with E-state index in [2.05, 4.69) is 9.88 Å². The molecular weight excluding hydrogens is 344 g/mol. The number of carbonyl (C=O) groups is 2. The highest BCUT2D eigenvalue weighted by Crippen LogP contribution is 2.31. The summed E-state index contributed by atoms with van der Waals surface area (Å²) in [6.45, 7) is 3.73. The quantitative estimate of drug-likeness (QED) is 0.562. The Kier molecular flexibility index (Phi) is 6.83. The third-order valence-corrected chi connectivity index (χ3v) is 5.87. The zero-order valence-corrected chi connectivity index (χ0v) is 16.4. The van der Waals surface area contributed by atoms with Crippen LogP contribution in [0.1, 0.15) is 61.0 Å². The molecule has 1 aromatic heterocycles. The monoisotopic (exact) mass is 374 g/mol. The van der Waals surface area contributed by atoms with Crippen LogP contribution in [0.25, 0.3) is 0 Å². The number of nitrogens with zero attached hydrogens (tertiary/aromatic N) is 2. The second kappa shape index (κ2) is 9.31. The van der Waals surface area contributed by atoms with Crippen molar-refractivity contribution in [2.45, 2.75) is 64.1 Å². The molecule has 1 saturated carbocycles. The molecule has 1 saturated heterocycles. The Labute approximate surface area is 161 Å². The molecule has 0 radical (unpaired) electrons. The van der Waals surface area contributed by atoms with Gasteiger partial charge in [-0.25, -0.2) is 4.98 Å². The molecule has 0 spiro atoms. The van der Waals surface area contributed by atoms with Gasteiger partial charge in [-0.2, -0.15) is 0 Å². The molecule has 0 unspecified atom stereocenters. The Bertz CT molecular complexity index is 648. The molecule has 2 fully saturated rings. The number of pyridine rings is 1. The molecule has 0 bridgehead atoms. The predicted octanol–water partition coefficient (Wildman–Crippen LogP) is 3.31. The molecule has 1 aromatic rings. The number of hydrogen-bond donors (Lipinski definition) is 0. The fourth-order valence-electron chi connectivity index (χ4n) is 4.14. The van der Waals surface area contributed by atoms with Crippen LogP contribution in [0.4, 0.5) is 5.82 Å². The predicted molar refractivity (Wildman–Crippen MR) is 103 cm³/mol. The third kappa shape index (κ3) is 5.28. The van der Waals surface area contributed by atoms with E-state index in [9.17, 15) is 9.59 Å². The Morgan fingerprint density at radius 3 is 2.41 bits per heavy atom. The third-order valence-electron chi connectivity index (χ3n) is 5.87. The van der Waals surface area contributed by atoms with Gasteiger partial charge in [0.05, 0.1) is 25.0 Å². The van der Waals surface area contributed by atoms with E-state index in [4.69, 9.17) is 9.47 Å². The van der Waals surface area contributed by atoms with Crippen molar-refractivity contribution in [2.24, 2.45) is 5.92 Å². The van der Waals surface area contributed by atoms with E-state index in [1.807, 2.05) is 19.1 Å². The van der Waals surface area contributed by atoms with Gasteiger partial charge in [-0.05, 0) is 63.5 Å². The van der Waals surface area contributed by atoms with E-state index in [0.717, 1.165) is 69.4 Å². The first kappa shape index (κ1) is 19.8. The number of carbonyl (C=O) groups excluding carboxylic acids is 2. The fraction of sp³-hybridized carbons (Fsp3) is 0.667. The first-order chi connectivity index (χ1) is 13.1. The Hall–Kier alpha value is -1.95. The van der Waals surface area contributed by atoms with Crippen molar-refractivity contribution in [3.05, 3.63) is 23.4 Å². The van der Waals surface area contributed by atoms with Crippen LogP contribution in [-0.4, -0.2) is 49.6 Å². The number of esters is 1. The summed E-state index contributed by atoms with van der Waals surface area (Å²) >= 11 is 0. The van der Waals surface area contributed by atoms with E-state index in [-0.39, 0.29) is 5.97 Å². The highest BCUT2D eigenvalue weighted by Gasteiger charge is 2.28. The van der Waals surface area contributed by atoms with Crippen LogP contribution in [0.3, 0.4) is 0 Å². The highest BCUT2D eigenvalue weighted by molar-refractivity contribution is 5.76. The van der Waals surface area contributed by atoms with Gasteiger partial charge >= 0.3 is 5.97 Å². The van der Waals surface area contributed by atoms with Crippen LogP contribution in [0.2, 0.25) is 0 Å². The van der Waals surface area contributed by atoms with Gasteiger partial charge in [-0.15, -0.1) is 0 Å². The molecule has 1 aliphatic carbocycles. The molecule has 6 nitrogen and oxygen atoms in total. The Morgan fingerprint density at radius 1 is 1.15 bits per heavy atom. The van der Waals surface area contributed by atoms with Crippen LogP contribution in [-0.2, 0) is 14.3 Å². The summed E-state index contributed by atoms with van der Waals surface area (Å²) in [5, 5.41) is 0. The summed E-state index contributed by atoms with van der Waals surface area (Å²) in [4.78, 5) is 29.2. The smallest absolute Gasteiger partial charge is 0.305 e. The molecule has 6 heteroatoms. The van der Waals surface area contributed by atoms with E-state index in [1.54, 1.807) is 0 Å². The number of ether oxygens (including phenoxy) is 2. The zero-order valence-electron chi connectivity index (χ0n) is 16.4. The maximum absolute atomic E-state index is 11.4. The number of rotatable bonds is 6. The molecule has 148 valence electrons. The van der Waals surface area contributed by atoms with Gasteiger partial charge in [-0.1, -0.05) is 0 Å². The normalized spacial score (nSPS) is 23.9. The van der Waals surface area contributed by atoms with Crippen LogP contribution in [0, 0.1) is 12.8 Å². The summed E-state index contributed by atoms with van der Waals surface area (Å²) in [7, 11) is 1.46. The molecule has 0 atom stereocenters. The van der Waals surface area contributed by atoms with Crippen molar-refractivity contribution in [1.82, 2.24) is 4.98 Å². The van der Waals surface area contributed by atoms with Crippen molar-refractivity contribution in [3.63, 3.8) is 0 Å². The molecule has 0 N–H and O–H groups in total. The van der Waals surface area contributed by atoms with Crippen molar-refractivity contribution >= 4 is 18.1 Å². The second-order valence-electron chi connectivity index (χ2n) is 7.71. The topological polar surface area (TPSA) is 68.7 Å². The first-order valence-corrected chi connectivity index (χ1v) is 9.99. The molecule has 1 aliphatic heterocycles. The van der Waals surface area contributed by atoms with E-state index in [0.29, 0.717) is 30.1 Å². The maximum Gasteiger partial charge on any atom is 0.305 e. The summed E-state index contributed by atoms with van der Waals surface area (Å²) in [6.07, 6.45) is 8.18. The number of aryl methyl sites for hydroxylation is 1. The summed E-state index contributed by atoms with van der Waals surface area (Å²) < 4.78 is 11.1. The minimum atomic E-state index is -0.100. The number of hydrogen-bond acceptors (Lipinski definition) is 6. The van der Waals surface area contributed by atoms with Crippen LogP contribution >= 0.6 is 0 Å². The average molecular weight is 374 g/mol. The standard InChI is InChI=1S/C21H30N2O4/c1-15-17(14-24)5-8-20(22-15)23-11-9-19(10-12-23)27-18-6-3-16(4-7-18)13-21(25)26-2/h5,8,14,16,18-19H,3-4,6-7,9-13H2,1-2H3. The SMILES string of the molecule is COC(=O)CC1CCC(OC2CCN(c3ccc(C=O)c(C)n3)CC2)CC1. The second-order valence-corrected chi connectivity index (χ2v) is 7.71. The van der Waals surface area contributed by atoms with Gasteiger partial charge in [0, 0.05) is 25.1 Å². The summed E-state index contributed by atoms with van der Waals surface area (Å²) in [6, 6.07) is 3.78. The summed E-state index contributed by atoms with van der Waals surface area (Å²) in [5.74, 6) is 1.29. The van der Waals surface area contributed by atoms with Crippen molar-refractivity contribution in [3.8, 4) is 0 Å². The molecule has 2 heterocycles. The number of anilines is 1. The highest BCUT2D eigenvalue weighted by atomic mass is 16.5. The van der Waals surface area contributed by atoms with Gasteiger partial charge in [0.15, 0.2) is 6.29 Å². The lowest BCUT2D eigenvalue weighted by molar-refractivity contribution is -0.142. The first-order valence-electron chi connectivity index (χ1n) is 9.99. The number of piperidine rings is 1. The van der Waals surface area contributed by atoms with E-state index in [1.165, 1.54) is 7.11 Å². The molecular formula is C21H30N2O4. The minimum absolute atomic E-state index is 0.100. The molecule has 0 amide bonds. The largest absolute Gasteiger partial charge is 0.469 e. The van der Waals surface area contributed by atoms with Gasteiger partial charge < -0.3 is 14.4 Å². The lowest BCUT2D eigenvalue weighted by atomic mass is 9.85. The van der Waals surface area contributed by atoms with Gasteiger partial charge in [0.2, 0.25) is 0 Å². The molecule has 2 aliphatic rings. The van der Waals surface area contributed by atoms with Crippen molar-refractivity contribution in [2.75, 3.05) is 25.1 Å². The lowest BCUT2D eigenvalue weighted by Gasteiger charge is -2.36. The molecule has 27 heavy (non-hydrogen) atoms. The molecule has 3 rings (SSSR count). The zero-order chi connectivity index (χ0) is 19.2. The number of aldehydes is 1. The average Bonchev–Trinajstić information content (AvgIpc) is 2.70. The van der Waals surface area contributed by atoms with Gasteiger partial charge in [0.25, 0.3) is 0 Å². The lowest BCUT2D eigenvalue weighted by Crippen LogP contribution is -2.39. The minimum Gasteiger partial charge on any atom is -0.469 e. The molecule has 0 aromatic carbocycles. The summed E-state index contributed by atoms with van der Waals surface area (Å²) in [5.41, 5.74) is 1.43. The maximum atomic E-state index is 11.4.